The van der Waals surface area contributed by atoms with Gasteiger partial charge in [-0.25, -0.2) is 0 Å². The van der Waals surface area contributed by atoms with E-state index in [-0.39, 0.29) is 11.9 Å². The summed E-state index contributed by atoms with van der Waals surface area (Å²) in [5.41, 5.74) is 10.4. The summed E-state index contributed by atoms with van der Waals surface area (Å²) in [6.45, 7) is 6.04. The van der Waals surface area contributed by atoms with Gasteiger partial charge in [0.25, 0.3) is 0 Å². The van der Waals surface area contributed by atoms with Crippen LogP contribution in [0.15, 0.2) is 53.7 Å². The maximum Gasteiger partial charge on any atom is 0.247 e. The van der Waals surface area contributed by atoms with Gasteiger partial charge in [0.1, 0.15) is 6.04 Å². The summed E-state index contributed by atoms with van der Waals surface area (Å²) >= 11 is 1.56. The second-order valence-electron chi connectivity index (χ2n) is 7.01. The van der Waals surface area contributed by atoms with E-state index >= 15 is 0 Å². The van der Waals surface area contributed by atoms with Crippen molar-refractivity contribution in [1.82, 2.24) is 14.8 Å². The number of carbonyl (C=O) groups is 1. The molecule has 0 spiro atoms. The number of nitrogens with zero attached hydrogens (tertiary/aromatic N) is 3. The zero-order valence-electron chi connectivity index (χ0n) is 17.1. The lowest BCUT2D eigenvalue weighted by Gasteiger charge is -2.19. The first-order chi connectivity index (χ1) is 14.0. The fraction of sp³-hybridized carbons (Fsp3) is 0.318. The van der Waals surface area contributed by atoms with Crippen molar-refractivity contribution in [3.63, 3.8) is 0 Å². The number of nitrogens with two attached hydrogens (primary N) is 1. The summed E-state index contributed by atoms with van der Waals surface area (Å²) in [6, 6.07) is 15.7. The predicted octanol–water partition coefficient (Wildman–Crippen LogP) is 4.40. The van der Waals surface area contributed by atoms with Crippen molar-refractivity contribution in [3.05, 3.63) is 65.2 Å². The predicted molar refractivity (Wildman–Crippen MR) is 119 cm³/mol. The van der Waals surface area contributed by atoms with Gasteiger partial charge >= 0.3 is 0 Å². The van der Waals surface area contributed by atoms with E-state index in [4.69, 9.17) is 5.73 Å². The zero-order valence-corrected chi connectivity index (χ0v) is 17.9. The molecule has 3 aromatic rings. The third kappa shape index (κ3) is 5.17. The van der Waals surface area contributed by atoms with Crippen molar-refractivity contribution in [2.75, 3.05) is 16.8 Å². The van der Waals surface area contributed by atoms with Gasteiger partial charge in [0.15, 0.2) is 5.16 Å². The number of anilines is 2. The topological polar surface area (TPSA) is 85.8 Å². The van der Waals surface area contributed by atoms with Crippen LogP contribution in [0.3, 0.4) is 0 Å². The maximum absolute atomic E-state index is 13.0. The molecule has 1 amide bonds. The highest BCUT2D eigenvalue weighted by atomic mass is 32.2. The lowest BCUT2D eigenvalue weighted by atomic mass is 10.1. The first-order valence-corrected chi connectivity index (χ1v) is 10.7. The van der Waals surface area contributed by atoms with E-state index in [0.717, 1.165) is 23.4 Å². The fourth-order valence-electron chi connectivity index (χ4n) is 3.11. The molecule has 1 atom stereocenters. The minimum absolute atomic E-state index is 0.118. The quantitative estimate of drug-likeness (QED) is 0.539. The second kappa shape index (κ2) is 9.60. The summed E-state index contributed by atoms with van der Waals surface area (Å²) in [5, 5.41) is 11.9. The Bertz CT molecular complexity index is 971. The Morgan fingerprint density at radius 2 is 1.90 bits per heavy atom. The normalized spacial score (nSPS) is 12.0. The van der Waals surface area contributed by atoms with Gasteiger partial charge < -0.3 is 11.1 Å². The molecule has 1 unspecified atom stereocenters. The fourth-order valence-corrected chi connectivity index (χ4v) is 4.09. The summed E-state index contributed by atoms with van der Waals surface area (Å²) in [4.78, 5) is 13.0. The molecule has 0 aliphatic carbocycles. The first kappa shape index (κ1) is 20.9. The molecule has 3 rings (SSSR count). The molecule has 2 aromatic carbocycles. The molecule has 0 saturated carbocycles. The highest BCUT2D eigenvalue weighted by molar-refractivity contribution is 7.99. The van der Waals surface area contributed by atoms with Crippen molar-refractivity contribution < 1.29 is 4.79 Å². The SMILES string of the molecule is CCC(C(=O)Nc1ccc(C)c(C)c1)n1c(N)nnc1SCCc1ccccc1. The summed E-state index contributed by atoms with van der Waals surface area (Å²) in [7, 11) is 0. The molecule has 6 nitrogen and oxygen atoms in total. The Morgan fingerprint density at radius 3 is 2.59 bits per heavy atom. The van der Waals surface area contributed by atoms with Crippen LogP contribution in [0.4, 0.5) is 11.6 Å². The van der Waals surface area contributed by atoms with Gasteiger partial charge in [0.05, 0.1) is 0 Å². The third-order valence-corrected chi connectivity index (χ3v) is 5.88. The molecule has 0 fully saturated rings. The van der Waals surface area contributed by atoms with E-state index in [1.54, 1.807) is 16.3 Å². The molecule has 0 bridgehead atoms. The highest BCUT2D eigenvalue weighted by Gasteiger charge is 2.25. The molecule has 7 heteroatoms. The van der Waals surface area contributed by atoms with Crippen LogP contribution in [0.2, 0.25) is 0 Å². The average Bonchev–Trinajstić information content (AvgIpc) is 3.07. The van der Waals surface area contributed by atoms with Crippen LogP contribution in [-0.4, -0.2) is 26.4 Å². The van der Waals surface area contributed by atoms with E-state index in [1.165, 1.54) is 11.1 Å². The van der Waals surface area contributed by atoms with E-state index in [1.807, 2.05) is 57.2 Å². The van der Waals surface area contributed by atoms with Crippen LogP contribution in [0.1, 0.15) is 36.1 Å². The van der Waals surface area contributed by atoms with Crippen LogP contribution < -0.4 is 11.1 Å². The van der Waals surface area contributed by atoms with E-state index in [2.05, 4.69) is 27.6 Å². The first-order valence-electron chi connectivity index (χ1n) is 9.74. The average molecular weight is 410 g/mol. The highest BCUT2D eigenvalue weighted by Crippen LogP contribution is 2.27. The summed E-state index contributed by atoms with van der Waals surface area (Å²) < 4.78 is 1.74. The largest absolute Gasteiger partial charge is 0.368 e. The zero-order chi connectivity index (χ0) is 20.8. The Kier molecular flexibility index (Phi) is 6.93. The Morgan fingerprint density at radius 1 is 1.14 bits per heavy atom. The van der Waals surface area contributed by atoms with Gasteiger partial charge in [0.2, 0.25) is 11.9 Å². The van der Waals surface area contributed by atoms with Crippen LogP contribution >= 0.6 is 11.8 Å². The summed E-state index contributed by atoms with van der Waals surface area (Å²) in [6.07, 6.45) is 1.50. The van der Waals surface area contributed by atoms with Crippen molar-refractivity contribution in [2.24, 2.45) is 0 Å². The van der Waals surface area contributed by atoms with Gasteiger partial charge in [-0.15, -0.1) is 10.2 Å². The monoisotopic (exact) mass is 409 g/mol. The van der Waals surface area contributed by atoms with Gasteiger partial charge in [-0.3, -0.25) is 9.36 Å². The number of nitrogen functional groups attached to an aromatic ring is 1. The molecule has 1 aromatic heterocycles. The Balaban J connectivity index is 1.72. The number of hydrogen-bond acceptors (Lipinski definition) is 5. The van der Waals surface area contributed by atoms with Crippen molar-refractivity contribution in [2.45, 2.75) is 44.8 Å². The van der Waals surface area contributed by atoms with Gasteiger partial charge in [-0.2, -0.15) is 0 Å². The number of carbonyl (C=O) groups excluding carboxylic acids is 1. The Labute approximate surface area is 175 Å². The molecular formula is C22H27N5OS. The molecule has 152 valence electrons. The van der Waals surface area contributed by atoms with Crippen molar-refractivity contribution in [3.8, 4) is 0 Å². The van der Waals surface area contributed by atoms with Gasteiger partial charge in [-0.1, -0.05) is 55.1 Å². The minimum Gasteiger partial charge on any atom is -0.368 e. The minimum atomic E-state index is -0.467. The standard InChI is InChI=1S/C22H27N5OS/c1-4-19(20(28)24-18-11-10-15(2)16(3)14-18)27-21(23)25-26-22(27)29-13-12-17-8-6-5-7-9-17/h5-11,14,19H,4,12-13H2,1-3H3,(H2,23,25)(H,24,28). The number of amides is 1. The lowest BCUT2D eigenvalue weighted by molar-refractivity contribution is -0.119. The molecule has 0 radical (unpaired) electrons. The number of benzene rings is 2. The lowest BCUT2D eigenvalue weighted by Crippen LogP contribution is -2.27. The number of thioether (sulfide) groups is 1. The van der Waals surface area contributed by atoms with Crippen molar-refractivity contribution in [1.29, 1.82) is 0 Å². The number of aryl methyl sites for hydroxylation is 3. The van der Waals surface area contributed by atoms with Crippen molar-refractivity contribution >= 4 is 29.3 Å². The molecule has 0 aliphatic heterocycles. The van der Waals surface area contributed by atoms with Crippen LogP contribution in [-0.2, 0) is 11.2 Å². The maximum atomic E-state index is 13.0. The number of nitrogens with one attached hydrogen (secondary N) is 1. The van der Waals surface area contributed by atoms with Crippen LogP contribution in [0.5, 0.6) is 0 Å². The molecule has 1 heterocycles. The van der Waals surface area contributed by atoms with Gasteiger partial charge in [-0.05, 0) is 55.5 Å². The summed E-state index contributed by atoms with van der Waals surface area (Å²) in [5.74, 6) is 0.971. The molecule has 3 N–H and O–H groups in total. The third-order valence-electron chi connectivity index (χ3n) is 4.93. The van der Waals surface area contributed by atoms with E-state index in [0.29, 0.717) is 11.6 Å². The smallest absolute Gasteiger partial charge is 0.247 e. The molecule has 0 saturated heterocycles. The van der Waals surface area contributed by atoms with E-state index < -0.39 is 6.04 Å². The Hall–Kier alpha value is -2.80. The second-order valence-corrected chi connectivity index (χ2v) is 8.07. The van der Waals surface area contributed by atoms with E-state index in [9.17, 15) is 4.79 Å². The van der Waals surface area contributed by atoms with Crippen LogP contribution in [0, 0.1) is 13.8 Å². The van der Waals surface area contributed by atoms with Crippen LogP contribution in [0.25, 0.3) is 0 Å². The number of rotatable bonds is 8. The molecular weight excluding hydrogens is 382 g/mol. The number of aromatic nitrogens is 3. The van der Waals surface area contributed by atoms with Gasteiger partial charge in [0, 0.05) is 11.4 Å². The number of hydrogen-bond donors (Lipinski definition) is 2. The molecule has 29 heavy (non-hydrogen) atoms. The molecule has 0 aliphatic rings.